The Kier molecular flexibility index (Phi) is 6.91. The molecule has 39 heavy (non-hydrogen) atoms. The van der Waals surface area contributed by atoms with E-state index in [1.807, 2.05) is 78.9 Å². The average molecular weight is 526 g/mol. The van der Waals surface area contributed by atoms with Gasteiger partial charge in [-0.1, -0.05) is 66.7 Å². The molecule has 5 rings (SSSR count). The highest BCUT2D eigenvalue weighted by Crippen LogP contribution is 2.31. The summed E-state index contributed by atoms with van der Waals surface area (Å²) in [6.45, 7) is 5.92. The first-order valence-corrected chi connectivity index (χ1v) is 13.3. The molecule has 0 bridgehead atoms. The van der Waals surface area contributed by atoms with Gasteiger partial charge in [0.1, 0.15) is 5.54 Å². The van der Waals surface area contributed by atoms with Gasteiger partial charge >= 0.3 is 5.69 Å². The Hall–Kier alpha value is -4.17. The van der Waals surface area contributed by atoms with Crippen molar-refractivity contribution in [3.05, 3.63) is 94.9 Å². The van der Waals surface area contributed by atoms with Gasteiger partial charge in [0.2, 0.25) is 5.91 Å². The number of para-hydroxylation sites is 2. The molecular weight excluding hydrogens is 490 g/mol. The molecule has 2 amide bonds. The third-order valence-electron chi connectivity index (χ3n) is 7.69. The molecular formula is C31H35N5O3. The lowest BCUT2D eigenvalue weighted by Gasteiger charge is -2.40. The SMILES string of the molecule is CC(C)(N)C(=O)NC(C)(C(=O)N1CCC(n2c(=O)[nH]c3ccccc32)CC1)c1ccc(-c2ccccc2)cc1. The van der Waals surface area contributed by atoms with Gasteiger partial charge in [-0.25, -0.2) is 4.79 Å². The van der Waals surface area contributed by atoms with E-state index in [2.05, 4.69) is 10.3 Å². The number of imidazole rings is 1. The molecule has 0 saturated carbocycles. The van der Waals surface area contributed by atoms with Gasteiger partial charge in [0.15, 0.2) is 0 Å². The first kappa shape index (κ1) is 26.4. The quantitative estimate of drug-likeness (QED) is 0.354. The van der Waals surface area contributed by atoms with Gasteiger partial charge in [-0.15, -0.1) is 0 Å². The number of likely N-dealkylation sites (tertiary alicyclic amines) is 1. The van der Waals surface area contributed by atoms with Crippen molar-refractivity contribution >= 4 is 22.8 Å². The van der Waals surface area contributed by atoms with Crippen LogP contribution in [0.15, 0.2) is 83.7 Å². The number of rotatable bonds is 6. The molecule has 0 aliphatic carbocycles. The van der Waals surface area contributed by atoms with Crippen LogP contribution in [0.1, 0.15) is 45.2 Å². The summed E-state index contributed by atoms with van der Waals surface area (Å²) in [5.41, 5.74) is 7.94. The van der Waals surface area contributed by atoms with Gasteiger partial charge in [0.05, 0.1) is 16.6 Å². The molecule has 4 aromatic rings. The monoisotopic (exact) mass is 525 g/mol. The van der Waals surface area contributed by atoms with E-state index in [9.17, 15) is 14.4 Å². The zero-order valence-corrected chi connectivity index (χ0v) is 22.6. The fourth-order valence-electron chi connectivity index (χ4n) is 5.34. The number of H-pyrrole nitrogens is 1. The number of hydrogen-bond donors (Lipinski definition) is 3. The summed E-state index contributed by atoms with van der Waals surface area (Å²) in [4.78, 5) is 44.6. The molecule has 4 N–H and O–H groups in total. The van der Waals surface area contributed by atoms with Crippen LogP contribution >= 0.6 is 0 Å². The molecule has 8 nitrogen and oxygen atoms in total. The van der Waals surface area contributed by atoms with Crippen molar-refractivity contribution in [2.24, 2.45) is 5.73 Å². The van der Waals surface area contributed by atoms with Crippen LogP contribution in [-0.2, 0) is 15.1 Å². The number of carbonyl (C=O) groups is 2. The maximum absolute atomic E-state index is 14.1. The summed E-state index contributed by atoms with van der Waals surface area (Å²) in [6.07, 6.45) is 1.26. The number of nitrogens with one attached hydrogen (secondary N) is 2. The molecule has 202 valence electrons. The highest BCUT2D eigenvalue weighted by molar-refractivity contribution is 5.95. The first-order chi connectivity index (χ1) is 18.6. The second-order valence-corrected chi connectivity index (χ2v) is 11.1. The molecule has 1 unspecified atom stereocenters. The van der Waals surface area contributed by atoms with E-state index in [0.29, 0.717) is 31.5 Å². The van der Waals surface area contributed by atoms with Crippen LogP contribution in [0, 0.1) is 0 Å². The van der Waals surface area contributed by atoms with E-state index in [-0.39, 0.29) is 17.6 Å². The van der Waals surface area contributed by atoms with Gasteiger partial charge in [-0.3, -0.25) is 14.2 Å². The Labute approximate surface area is 227 Å². The molecule has 1 aliphatic heterocycles. The number of amides is 2. The van der Waals surface area contributed by atoms with E-state index < -0.39 is 17.0 Å². The lowest BCUT2D eigenvalue weighted by Crippen LogP contribution is -2.61. The van der Waals surface area contributed by atoms with Crippen molar-refractivity contribution in [1.82, 2.24) is 19.8 Å². The minimum atomic E-state index is -1.31. The van der Waals surface area contributed by atoms with Gasteiger partial charge in [0.25, 0.3) is 5.91 Å². The Morgan fingerprint density at radius 3 is 2.10 bits per heavy atom. The third kappa shape index (κ3) is 5.12. The van der Waals surface area contributed by atoms with Crippen LogP contribution in [-0.4, -0.2) is 44.9 Å². The van der Waals surface area contributed by atoms with Gasteiger partial charge in [-0.05, 0) is 62.4 Å². The number of piperidine rings is 1. The van der Waals surface area contributed by atoms with E-state index >= 15 is 0 Å². The smallest absolute Gasteiger partial charge is 0.326 e. The van der Waals surface area contributed by atoms with E-state index in [1.54, 1.807) is 30.2 Å². The standard InChI is InChI=1S/C31H35N5O3/c1-30(2,32)27(37)34-31(3,23-15-13-22(14-16-23)21-9-5-4-6-10-21)28(38)35-19-17-24(18-20-35)36-26-12-8-7-11-25(26)33-29(36)39/h4-16,24H,17-20,32H2,1-3H3,(H,33,39)(H,34,37). The van der Waals surface area contributed by atoms with Crippen LogP contribution in [0.4, 0.5) is 0 Å². The topological polar surface area (TPSA) is 113 Å². The maximum atomic E-state index is 14.1. The summed E-state index contributed by atoms with van der Waals surface area (Å²) in [5, 5.41) is 2.96. The van der Waals surface area contributed by atoms with Crippen LogP contribution in [0.3, 0.4) is 0 Å². The van der Waals surface area contributed by atoms with E-state index in [0.717, 1.165) is 22.2 Å². The number of nitrogens with zero attached hydrogens (tertiary/aromatic N) is 2. The zero-order valence-electron chi connectivity index (χ0n) is 22.6. The molecule has 1 aliphatic rings. The third-order valence-corrected chi connectivity index (χ3v) is 7.69. The largest absolute Gasteiger partial charge is 0.340 e. The van der Waals surface area contributed by atoms with Crippen molar-refractivity contribution in [2.75, 3.05) is 13.1 Å². The van der Waals surface area contributed by atoms with Crippen molar-refractivity contribution in [3.8, 4) is 11.1 Å². The van der Waals surface area contributed by atoms with Crippen LogP contribution in [0.25, 0.3) is 22.2 Å². The summed E-state index contributed by atoms with van der Waals surface area (Å²) in [5.74, 6) is -0.608. The molecule has 1 atom stereocenters. The highest BCUT2D eigenvalue weighted by atomic mass is 16.2. The van der Waals surface area contributed by atoms with E-state index in [1.165, 1.54) is 0 Å². The fraction of sp³-hybridized carbons (Fsp3) is 0.323. The number of nitrogens with two attached hydrogens (primary N) is 1. The summed E-state index contributed by atoms with van der Waals surface area (Å²) in [6, 6.07) is 25.3. The average Bonchev–Trinajstić information content (AvgIpc) is 3.28. The number of hydrogen-bond acceptors (Lipinski definition) is 4. The highest BCUT2D eigenvalue weighted by Gasteiger charge is 2.43. The van der Waals surface area contributed by atoms with Crippen LogP contribution in [0.2, 0.25) is 0 Å². The minimum Gasteiger partial charge on any atom is -0.340 e. The fourth-order valence-corrected chi connectivity index (χ4v) is 5.34. The first-order valence-electron chi connectivity index (χ1n) is 13.3. The van der Waals surface area contributed by atoms with Crippen molar-refractivity contribution in [1.29, 1.82) is 0 Å². The summed E-state index contributed by atoms with van der Waals surface area (Å²) >= 11 is 0. The van der Waals surface area contributed by atoms with Crippen molar-refractivity contribution in [3.63, 3.8) is 0 Å². The second kappa shape index (κ2) is 10.2. The maximum Gasteiger partial charge on any atom is 0.326 e. The van der Waals surface area contributed by atoms with Crippen molar-refractivity contribution in [2.45, 2.75) is 50.7 Å². The van der Waals surface area contributed by atoms with Crippen molar-refractivity contribution < 1.29 is 9.59 Å². The lowest BCUT2D eigenvalue weighted by molar-refractivity contribution is -0.143. The number of carbonyl (C=O) groups excluding carboxylic acids is 2. The Balaban J connectivity index is 1.40. The number of aromatic nitrogens is 2. The second-order valence-electron chi connectivity index (χ2n) is 11.1. The lowest BCUT2D eigenvalue weighted by atomic mass is 9.87. The molecule has 0 spiro atoms. The molecule has 1 saturated heterocycles. The normalized spacial score (nSPS) is 16.2. The molecule has 1 aromatic heterocycles. The van der Waals surface area contributed by atoms with Crippen LogP contribution < -0.4 is 16.7 Å². The Morgan fingerprint density at radius 2 is 1.46 bits per heavy atom. The number of aromatic amines is 1. The molecule has 3 aromatic carbocycles. The van der Waals surface area contributed by atoms with Gasteiger partial charge < -0.3 is 20.9 Å². The molecule has 1 fully saturated rings. The Morgan fingerprint density at radius 1 is 0.872 bits per heavy atom. The molecule has 2 heterocycles. The van der Waals surface area contributed by atoms with E-state index in [4.69, 9.17) is 5.73 Å². The predicted octanol–water partition coefficient (Wildman–Crippen LogP) is 3.93. The predicted molar refractivity (Wildman–Crippen MR) is 153 cm³/mol. The van der Waals surface area contributed by atoms with Gasteiger partial charge in [-0.2, -0.15) is 0 Å². The minimum absolute atomic E-state index is 0.0216. The Bertz CT molecular complexity index is 1540. The van der Waals surface area contributed by atoms with Crippen LogP contribution in [0.5, 0.6) is 0 Å². The summed E-state index contributed by atoms with van der Waals surface area (Å²) in [7, 11) is 0. The summed E-state index contributed by atoms with van der Waals surface area (Å²) < 4.78 is 1.80. The zero-order chi connectivity index (χ0) is 27.8. The molecule has 8 heteroatoms. The van der Waals surface area contributed by atoms with Gasteiger partial charge in [0, 0.05) is 19.1 Å². The molecule has 0 radical (unpaired) electrons. The number of fused-ring (bicyclic) bond motifs is 1. The number of benzene rings is 3.